The summed E-state index contributed by atoms with van der Waals surface area (Å²) in [6.45, 7) is 1.96. The number of pyridine rings is 1. The minimum Gasteiger partial charge on any atom is -0.506 e. The molecule has 2 heterocycles. The number of nitrogens with one attached hydrogen (secondary N) is 1. The summed E-state index contributed by atoms with van der Waals surface area (Å²) in [7, 11) is 0. The van der Waals surface area contributed by atoms with Crippen LogP contribution < -0.4 is 5.56 Å². The Hall–Kier alpha value is -2.88. The van der Waals surface area contributed by atoms with Crippen LogP contribution in [0.15, 0.2) is 62.6 Å². The second-order valence-electron chi connectivity index (χ2n) is 5.28. The van der Waals surface area contributed by atoms with Crippen molar-refractivity contribution >= 4 is 24.8 Å². The zero-order valence-corrected chi connectivity index (χ0v) is 13.8. The largest absolute Gasteiger partial charge is 0.506 e. The lowest BCUT2D eigenvalue weighted by atomic mass is 10.0. The molecule has 2 aromatic heterocycles. The van der Waals surface area contributed by atoms with Gasteiger partial charge in [0.1, 0.15) is 11.5 Å². The molecule has 0 amide bonds. The maximum atomic E-state index is 12.1. The van der Waals surface area contributed by atoms with Crippen LogP contribution in [0.25, 0.3) is 23.3 Å². The third-order valence-electron chi connectivity index (χ3n) is 3.51. The maximum absolute atomic E-state index is 12.1. The molecule has 0 saturated heterocycles. The van der Waals surface area contributed by atoms with E-state index in [9.17, 15) is 9.90 Å². The average Bonchev–Trinajstić information content (AvgIpc) is 3.03. The summed E-state index contributed by atoms with van der Waals surface area (Å²) >= 11 is 4.30. The lowest BCUT2D eigenvalue weighted by Gasteiger charge is -2.10. The van der Waals surface area contributed by atoms with Gasteiger partial charge < -0.3 is 14.5 Å². The minimum absolute atomic E-state index is 0.118. The lowest BCUT2D eigenvalue weighted by molar-refractivity contribution is 0.472. The van der Waals surface area contributed by atoms with Gasteiger partial charge in [-0.2, -0.15) is 0 Å². The molecule has 3 aromatic rings. The number of hydrogen-bond acceptors (Lipinski definition) is 4. The van der Waals surface area contributed by atoms with Crippen molar-refractivity contribution in [2.75, 3.05) is 0 Å². The Balaban J connectivity index is 2.13. The number of aryl methyl sites for hydroxylation is 1. The minimum atomic E-state index is -0.436. The van der Waals surface area contributed by atoms with E-state index in [2.05, 4.69) is 23.3 Å². The van der Waals surface area contributed by atoms with Gasteiger partial charge in [0.2, 0.25) is 0 Å². The van der Waals surface area contributed by atoms with Gasteiger partial charge in [-0.05, 0) is 30.7 Å². The maximum Gasteiger partial charge on any atom is 0.260 e. The monoisotopic (exact) mass is 337 g/mol. The molecule has 5 heteroatoms. The number of aromatic hydroxyl groups is 1. The number of H-pyrrole nitrogens is 1. The summed E-state index contributed by atoms with van der Waals surface area (Å²) in [5.41, 5.74) is 4.83. The molecule has 0 bridgehead atoms. The molecule has 2 N–H and O–H groups in total. The van der Waals surface area contributed by atoms with Crippen LogP contribution in [0, 0.1) is 6.92 Å². The summed E-state index contributed by atoms with van der Waals surface area (Å²) < 4.78 is 5.16. The fraction of sp³-hybridized carbons (Fsp3) is 0.0526. The van der Waals surface area contributed by atoms with E-state index in [1.54, 1.807) is 24.5 Å². The Labute approximate surface area is 144 Å². The molecular weight excluding hydrogens is 322 g/mol. The van der Waals surface area contributed by atoms with Crippen LogP contribution in [-0.2, 0) is 0 Å². The number of furan rings is 1. The van der Waals surface area contributed by atoms with E-state index in [1.165, 1.54) is 6.08 Å². The number of aromatic nitrogens is 1. The van der Waals surface area contributed by atoms with Crippen molar-refractivity contribution in [2.24, 2.45) is 0 Å². The van der Waals surface area contributed by atoms with E-state index in [0.717, 1.165) is 11.1 Å². The first kappa shape index (κ1) is 16.0. The van der Waals surface area contributed by atoms with Gasteiger partial charge in [-0.15, -0.1) is 18.4 Å². The van der Waals surface area contributed by atoms with Crippen molar-refractivity contribution in [3.8, 4) is 16.9 Å². The quantitative estimate of drug-likeness (QED) is 0.494. The summed E-state index contributed by atoms with van der Waals surface area (Å²) in [6, 6.07) is 11.1. The summed E-state index contributed by atoms with van der Waals surface area (Å²) in [5, 5.41) is 10.9. The SMILES string of the molecule is Cc1cccc(-c2c(S)[nH]c(=O)c(C=C=Cc3ccco3)c2O)c1. The van der Waals surface area contributed by atoms with Gasteiger partial charge in [-0.3, -0.25) is 4.79 Å². The zero-order valence-electron chi connectivity index (χ0n) is 12.9. The highest BCUT2D eigenvalue weighted by Gasteiger charge is 2.15. The molecule has 0 atom stereocenters. The first-order valence-corrected chi connectivity index (χ1v) is 7.72. The molecular formula is C19H15NO3S. The number of aromatic amines is 1. The molecule has 0 aliphatic carbocycles. The highest BCUT2D eigenvalue weighted by atomic mass is 32.1. The van der Waals surface area contributed by atoms with Crippen molar-refractivity contribution in [1.29, 1.82) is 0 Å². The van der Waals surface area contributed by atoms with Crippen LogP contribution in [-0.4, -0.2) is 10.1 Å². The molecule has 0 unspecified atom stereocenters. The van der Waals surface area contributed by atoms with E-state index < -0.39 is 5.56 Å². The molecule has 0 aliphatic heterocycles. The summed E-state index contributed by atoms with van der Waals surface area (Å²) in [6.07, 6.45) is 4.55. The van der Waals surface area contributed by atoms with Crippen molar-refractivity contribution in [3.63, 3.8) is 0 Å². The van der Waals surface area contributed by atoms with Crippen molar-refractivity contribution < 1.29 is 9.52 Å². The normalized spacial score (nSPS) is 10.2. The van der Waals surface area contributed by atoms with Gasteiger partial charge in [0.25, 0.3) is 5.56 Å². The van der Waals surface area contributed by atoms with Crippen LogP contribution in [0.2, 0.25) is 0 Å². The van der Waals surface area contributed by atoms with Crippen LogP contribution in [0.1, 0.15) is 16.9 Å². The molecule has 4 nitrogen and oxygen atoms in total. The molecule has 0 radical (unpaired) electrons. The van der Waals surface area contributed by atoms with Gasteiger partial charge >= 0.3 is 0 Å². The fourth-order valence-corrected chi connectivity index (χ4v) is 2.72. The first-order valence-electron chi connectivity index (χ1n) is 7.27. The smallest absolute Gasteiger partial charge is 0.260 e. The van der Waals surface area contributed by atoms with Crippen molar-refractivity contribution in [1.82, 2.24) is 4.98 Å². The van der Waals surface area contributed by atoms with Crippen LogP contribution in [0.4, 0.5) is 0 Å². The number of hydrogen-bond donors (Lipinski definition) is 3. The third kappa shape index (κ3) is 3.23. The molecule has 0 fully saturated rings. The molecule has 1 aromatic carbocycles. The number of thiol groups is 1. The van der Waals surface area contributed by atoms with Gasteiger partial charge in [-0.25, -0.2) is 0 Å². The highest BCUT2D eigenvalue weighted by Crippen LogP contribution is 2.35. The second kappa shape index (κ2) is 6.71. The topological polar surface area (TPSA) is 66.2 Å². The summed E-state index contributed by atoms with van der Waals surface area (Å²) in [5.74, 6) is 0.474. The van der Waals surface area contributed by atoms with Gasteiger partial charge in [0.05, 0.1) is 22.4 Å². The molecule has 3 rings (SSSR count). The highest BCUT2D eigenvalue weighted by molar-refractivity contribution is 7.80. The third-order valence-corrected chi connectivity index (χ3v) is 3.84. The molecule has 0 aliphatic rings. The Kier molecular flexibility index (Phi) is 4.47. The van der Waals surface area contributed by atoms with Crippen molar-refractivity contribution in [3.05, 3.63) is 75.6 Å². The van der Waals surface area contributed by atoms with E-state index in [-0.39, 0.29) is 11.3 Å². The molecule has 24 heavy (non-hydrogen) atoms. The van der Waals surface area contributed by atoms with Crippen LogP contribution in [0.5, 0.6) is 5.75 Å². The Morgan fingerprint density at radius 2 is 2.08 bits per heavy atom. The molecule has 0 saturated carbocycles. The number of benzene rings is 1. The first-order chi connectivity index (χ1) is 11.6. The van der Waals surface area contributed by atoms with Gasteiger partial charge in [-0.1, -0.05) is 29.8 Å². The van der Waals surface area contributed by atoms with E-state index >= 15 is 0 Å². The Bertz CT molecular complexity index is 994. The van der Waals surface area contributed by atoms with E-state index in [0.29, 0.717) is 16.3 Å². The Morgan fingerprint density at radius 3 is 2.79 bits per heavy atom. The van der Waals surface area contributed by atoms with E-state index in [4.69, 9.17) is 4.42 Å². The molecule has 0 spiro atoms. The predicted octanol–water partition coefficient (Wildman–Crippen LogP) is 4.26. The number of rotatable bonds is 3. The predicted molar refractivity (Wildman–Crippen MR) is 97.3 cm³/mol. The average molecular weight is 337 g/mol. The lowest BCUT2D eigenvalue weighted by Crippen LogP contribution is -2.11. The van der Waals surface area contributed by atoms with Crippen molar-refractivity contribution in [2.45, 2.75) is 11.9 Å². The van der Waals surface area contributed by atoms with Crippen LogP contribution >= 0.6 is 12.6 Å². The van der Waals surface area contributed by atoms with Crippen LogP contribution in [0.3, 0.4) is 0 Å². The fourth-order valence-electron chi connectivity index (χ4n) is 2.38. The molecule has 120 valence electrons. The van der Waals surface area contributed by atoms with Gasteiger partial charge in [0.15, 0.2) is 0 Å². The van der Waals surface area contributed by atoms with E-state index in [1.807, 2.05) is 31.2 Å². The standard InChI is InChI=1S/C19H15NO3S/c1-12-5-2-6-13(11-12)16-17(21)15(18(22)20-19(16)24)9-3-7-14-8-4-10-23-14/h2,4-11H,1H3,(H3,20,21,22,24). The Morgan fingerprint density at radius 1 is 1.25 bits per heavy atom. The van der Waals surface area contributed by atoms with Gasteiger partial charge in [0, 0.05) is 6.08 Å². The zero-order chi connectivity index (χ0) is 17.1. The summed E-state index contributed by atoms with van der Waals surface area (Å²) in [4.78, 5) is 14.8. The second-order valence-corrected chi connectivity index (χ2v) is 5.73.